The maximum Gasteiger partial charge on any atom is 0.306 e. The fraction of sp³-hybridized carbons (Fsp3) is 0.789. The van der Waals surface area contributed by atoms with Crippen LogP contribution in [0.3, 0.4) is 0 Å². The molecule has 2 heterocycles. The SMILES string of the molecule is CCCCCC[C@H](C/C=C\CCCCCCCC(=O)OCCCCCCCCCCOC(=O)CCCCCCC/C=C\C[C@@H](CCCCCC)OC(=O)CCCC(=O)OCC1O[C@@H](C)C(O)[C@@H](O)[C@H]1O)OC(=O)CCCC(=O)OCC1O[C@@H](OCc2ccccc2)C(O)[C@@H](O)[C@H]1O. The van der Waals surface area contributed by atoms with Crippen LogP contribution in [0.5, 0.6) is 0 Å². The van der Waals surface area contributed by atoms with E-state index in [1.54, 1.807) is 6.92 Å². The summed E-state index contributed by atoms with van der Waals surface area (Å²) in [6.45, 7) is 6.28. The van der Waals surface area contributed by atoms with Crippen molar-refractivity contribution < 1.29 is 102 Å². The van der Waals surface area contributed by atoms with Crippen LogP contribution in [0.15, 0.2) is 54.6 Å². The number of benzene rings is 1. The summed E-state index contributed by atoms with van der Waals surface area (Å²) in [6, 6.07) is 9.21. The summed E-state index contributed by atoms with van der Waals surface area (Å²) < 4.78 is 49.9. The van der Waals surface area contributed by atoms with Crippen molar-refractivity contribution in [2.24, 2.45) is 0 Å². The molecule has 12 atom stereocenters. The van der Waals surface area contributed by atoms with Gasteiger partial charge in [0.15, 0.2) is 6.29 Å². The van der Waals surface area contributed by atoms with E-state index in [9.17, 15) is 59.4 Å². The first kappa shape index (κ1) is 86.4. The van der Waals surface area contributed by atoms with Crippen molar-refractivity contribution in [3.8, 4) is 0 Å². The van der Waals surface area contributed by atoms with Gasteiger partial charge in [0.1, 0.15) is 74.3 Å². The summed E-state index contributed by atoms with van der Waals surface area (Å²) in [5.74, 6) is -2.11. The topological polar surface area (TPSA) is 307 Å². The van der Waals surface area contributed by atoms with Crippen molar-refractivity contribution in [3.63, 3.8) is 0 Å². The Kier molecular flexibility index (Phi) is 49.8. The van der Waals surface area contributed by atoms with Crippen molar-refractivity contribution in [1.82, 2.24) is 0 Å². The molecule has 6 N–H and O–H groups in total. The van der Waals surface area contributed by atoms with Crippen LogP contribution in [0.4, 0.5) is 0 Å². The molecule has 21 nitrogen and oxygen atoms in total. The van der Waals surface area contributed by atoms with E-state index in [0.29, 0.717) is 38.9 Å². The quantitative estimate of drug-likeness (QED) is 0.0153. The third-order valence-corrected chi connectivity index (χ3v) is 17.8. The Morgan fingerprint density at radius 1 is 0.402 bits per heavy atom. The van der Waals surface area contributed by atoms with Gasteiger partial charge in [0.2, 0.25) is 0 Å². The molecular weight excluding hydrogens is 1250 g/mol. The second-order valence-corrected chi connectivity index (χ2v) is 26.5. The lowest BCUT2D eigenvalue weighted by molar-refractivity contribution is -0.304. The van der Waals surface area contributed by atoms with Crippen molar-refractivity contribution in [2.45, 2.75) is 358 Å². The van der Waals surface area contributed by atoms with Crippen LogP contribution in [0.25, 0.3) is 0 Å². The molecule has 0 aromatic heterocycles. The van der Waals surface area contributed by atoms with E-state index in [4.69, 9.17) is 42.6 Å². The van der Waals surface area contributed by atoms with E-state index in [1.165, 1.54) is 0 Å². The summed E-state index contributed by atoms with van der Waals surface area (Å²) in [5, 5.41) is 61.2. The average molecular weight is 1380 g/mol. The van der Waals surface area contributed by atoms with Crippen LogP contribution < -0.4 is 0 Å². The van der Waals surface area contributed by atoms with Crippen LogP contribution >= 0.6 is 0 Å². The van der Waals surface area contributed by atoms with E-state index < -0.39 is 73.2 Å². The molecule has 4 unspecified atom stereocenters. The van der Waals surface area contributed by atoms with Gasteiger partial charge in [-0.3, -0.25) is 28.8 Å². The molecule has 0 radical (unpaired) electrons. The Morgan fingerprint density at radius 2 is 0.784 bits per heavy atom. The maximum absolute atomic E-state index is 12.8. The lowest BCUT2D eigenvalue weighted by Crippen LogP contribution is -2.59. The van der Waals surface area contributed by atoms with E-state index in [0.717, 1.165) is 198 Å². The van der Waals surface area contributed by atoms with E-state index in [-0.39, 0.29) is 94.4 Å². The minimum Gasteiger partial charge on any atom is -0.466 e. The molecule has 1 aromatic rings. The summed E-state index contributed by atoms with van der Waals surface area (Å²) in [6.07, 6.45) is 28.3. The Balaban J connectivity index is 1.09. The minimum atomic E-state index is -1.56. The fourth-order valence-corrected chi connectivity index (χ4v) is 11.6. The molecule has 21 heteroatoms. The fourth-order valence-electron chi connectivity index (χ4n) is 11.6. The minimum absolute atomic E-state index is 0.00563. The second-order valence-electron chi connectivity index (χ2n) is 26.5. The predicted octanol–water partition coefficient (Wildman–Crippen LogP) is 12.6. The Bertz CT molecular complexity index is 2260. The largest absolute Gasteiger partial charge is 0.466 e. The number of hydrogen-bond donors (Lipinski definition) is 6. The Hall–Kier alpha value is -4.84. The van der Waals surface area contributed by atoms with E-state index in [2.05, 4.69) is 38.2 Å². The number of aliphatic hydroxyl groups is 6. The molecule has 0 bridgehead atoms. The summed E-state index contributed by atoms with van der Waals surface area (Å²) in [7, 11) is 0. The molecule has 2 aliphatic rings. The summed E-state index contributed by atoms with van der Waals surface area (Å²) >= 11 is 0. The van der Waals surface area contributed by atoms with Crippen molar-refractivity contribution in [2.75, 3.05) is 26.4 Å². The van der Waals surface area contributed by atoms with Crippen LogP contribution in [0.1, 0.15) is 283 Å². The Morgan fingerprint density at radius 3 is 1.25 bits per heavy atom. The average Bonchev–Trinajstić information content (AvgIpc) is 0.835. The smallest absolute Gasteiger partial charge is 0.306 e. The third kappa shape index (κ3) is 42.1. The highest BCUT2D eigenvalue weighted by molar-refractivity contribution is 5.73. The Labute approximate surface area is 579 Å². The van der Waals surface area contributed by atoms with Gasteiger partial charge in [-0.15, -0.1) is 0 Å². The number of unbranched alkanes of at least 4 members (excludes halogenated alkanes) is 23. The second kappa shape index (κ2) is 55.9. The molecule has 0 saturated carbocycles. The molecule has 2 fully saturated rings. The normalized spacial score (nSPS) is 21.7. The highest BCUT2D eigenvalue weighted by atomic mass is 16.7. The standard InChI is InChI=1S/C76H126O21/c1-4-6-8-31-43-60(95-68(81)51-39-49-66(79)91-56-62-71(84)73(86)70(83)58(3)94-62)45-33-22-16-10-12-18-24-35-47-64(77)89-53-37-26-20-14-15-21-27-38-54-90-65(78)48-36-25-19-13-11-17-23-34-46-61(44-32-9-7-5-2)96-69(82)52-40-50-67(80)92-57-63-72(85)74(87)75(88)76(97-63)93-55-59-41-29-28-30-42-59/h22-23,28-30,33-34,41-42,58,60-63,70-76,83-88H,4-21,24-27,31-32,35-40,43-57H2,1-3H3/b33-22-,34-23-/t58-,60+,61+,62?,63?,70?,71-,72-,73+,74-,75?,76+/m0/s1. The lowest BCUT2D eigenvalue weighted by atomic mass is 9.96. The molecule has 3 rings (SSSR count). The number of hydrogen-bond acceptors (Lipinski definition) is 21. The predicted molar refractivity (Wildman–Crippen MR) is 368 cm³/mol. The van der Waals surface area contributed by atoms with Crippen LogP contribution in [-0.4, -0.2) is 166 Å². The van der Waals surface area contributed by atoms with Gasteiger partial charge in [-0.05, 0) is 102 Å². The van der Waals surface area contributed by atoms with Crippen LogP contribution in [0.2, 0.25) is 0 Å². The lowest BCUT2D eigenvalue weighted by Gasteiger charge is -2.39. The monoisotopic (exact) mass is 1370 g/mol. The zero-order valence-electron chi connectivity index (χ0n) is 59.3. The van der Waals surface area contributed by atoms with Crippen molar-refractivity contribution in [1.29, 1.82) is 0 Å². The first-order chi connectivity index (χ1) is 47.0. The van der Waals surface area contributed by atoms with Gasteiger partial charge in [-0.2, -0.15) is 0 Å². The molecule has 97 heavy (non-hydrogen) atoms. The van der Waals surface area contributed by atoms with Crippen molar-refractivity contribution in [3.05, 3.63) is 60.2 Å². The van der Waals surface area contributed by atoms with Gasteiger partial charge < -0.3 is 73.3 Å². The number of aliphatic hydroxyl groups excluding tert-OH is 6. The molecule has 1 aromatic carbocycles. The molecule has 0 amide bonds. The van der Waals surface area contributed by atoms with Gasteiger partial charge in [0, 0.05) is 51.4 Å². The van der Waals surface area contributed by atoms with Gasteiger partial charge in [0.25, 0.3) is 0 Å². The molecular formula is C76H126O21. The number of carbonyl (C=O) groups is 6. The van der Waals surface area contributed by atoms with Gasteiger partial charge in [-0.25, -0.2) is 0 Å². The van der Waals surface area contributed by atoms with Crippen molar-refractivity contribution >= 4 is 35.8 Å². The highest BCUT2D eigenvalue weighted by Crippen LogP contribution is 2.26. The molecule has 2 saturated heterocycles. The number of allylic oxidation sites excluding steroid dienone is 2. The molecule has 556 valence electrons. The van der Waals surface area contributed by atoms with Crippen LogP contribution in [0, 0.1) is 0 Å². The first-order valence-electron chi connectivity index (χ1n) is 37.4. The molecule has 0 aliphatic carbocycles. The zero-order chi connectivity index (χ0) is 70.5. The molecule has 0 spiro atoms. The highest BCUT2D eigenvalue weighted by Gasteiger charge is 2.45. The van der Waals surface area contributed by atoms with Gasteiger partial charge in [-0.1, -0.05) is 184 Å². The number of carbonyl (C=O) groups excluding carboxylic acids is 6. The number of esters is 6. The van der Waals surface area contributed by atoms with E-state index >= 15 is 0 Å². The molecule has 2 aliphatic heterocycles. The summed E-state index contributed by atoms with van der Waals surface area (Å²) in [4.78, 5) is 75.0. The third-order valence-electron chi connectivity index (χ3n) is 17.8. The first-order valence-corrected chi connectivity index (χ1v) is 37.4. The van der Waals surface area contributed by atoms with Crippen LogP contribution in [-0.2, 0) is 78.0 Å². The maximum atomic E-state index is 12.8. The van der Waals surface area contributed by atoms with Gasteiger partial charge in [0.05, 0.1) is 25.9 Å². The van der Waals surface area contributed by atoms with E-state index in [1.807, 2.05) is 30.3 Å². The summed E-state index contributed by atoms with van der Waals surface area (Å²) in [5.41, 5.74) is 0.826. The number of ether oxygens (including phenoxy) is 9. The number of rotatable bonds is 58. The zero-order valence-corrected chi connectivity index (χ0v) is 59.3. The van der Waals surface area contributed by atoms with Gasteiger partial charge >= 0.3 is 35.8 Å².